The van der Waals surface area contributed by atoms with Crippen LogP contribution in [0.15, 0.2) is 48.5 Å². The number of hydrogen-bond donors (Lipinski definition) is 1. The Morgan fingerprint density at radius 3 is 2.31 bits per heavy atom. The first-order valence-corrected chi connectivity index (χ1v) is 12.9. The van der Waals surface area contributed by atoms with Crippen LogP contribution in [-0.2, 0) is 21.9 Å². The van der Waals surface area contributed by atoms with Gasteiger partial charge in [-0.05, 0) is 44.2 Å². The van der Waals surface area contributed by atoms with Gasteiger partial charge in [0.05, 0.1) is 5.75 Å². The van der Waals surface area contributed by atoms with Gasteiger partial charge >= 0.3 is 0 Å². The summed E-state index contributed by atoms with van der Waals surface area (Å²) < 4.78 is 0. The topological polar surface area (TPSA) is 49.4 Å². The van der Waals surface area contributed by atoms with E-state index in [-0.39, 0.29) is 17.9 Å². The predicted molar refractivity (Wildman–Crippen MR) is 134 cm³/mol. The van der Waals surface area contributed by atoms with Gasteiger partial charge in [-0.15, -0.1) is 11.8 Å². The van der Waals surface area contributed by atoms with Crippen LogP contribution in [-0.4, -0.2) is 34.6 Å². The van der Waals surface area contributed by atoms with Crippen molar-refractivity contribution in [3.63, 3.8) is 0 Å². The first-order chi connectivity index (χ1) is 15.5. The quantitative estimate of drug-likeness (QED) is 0.525. The van der Waals surface area contributed by atoms with Gasteiger partial charge in [-0.3, -0.25) is 9.59 Å². The van der Waals surface area contributed by atoms with Gasteiger partial charge in [0.25, 0.3) is 0 Å². The van der Waals surface area contributed by atoms with Gasteiger partial charge in [0.15, 0.2) is 0 Å². The van der Waals surface area contributed by atoms with Crippen molar-refractivity contribution in [2.24, 2.45) is 0 Å². The second-order valence-corrected chi connectivity index (χ2v) is 9.90. The van der Waals surface area contributed by atoms with E-state index in [1.807, 2.05) is 37.3 Å². The van der Waals surface area contributed by atoms with Crippen LogP contribution >= 0.6 is 11.8 Å². The van der Waals surface area contributed by atoms with Gasteiger partial charge in [-0.2, -0.15) is 0 Å². The molecule has 0 unspecified atom stereocenters. The molecule has 0 bridgehead atoms. The van der Waals surface area contributed by atoms with Crippen LogP contribution in [0, 0.1) is 13.8 Å². The molecule has 32 heavy (non-hydrogen) atoms. The zero-order valence-electron chi connectivity index (χ0n) is 19.6. The summed E-state index contributed by atoms with van der Waals surface area (Å²) in [5, 5.41) is 3.21. The second-order valence-electron chi connectivity index (χ2n) is 8.91. The summed E-state index contributed by atoms with van der Waals surface area (Å²) in [5.74, 6) is 1.17. The SMILES string of the molecule is CC[C@H](C(=O)NC1CCCC1)N(Cc1ccccc1)C(=O)CSCc1cc(C)cc(C)c1. The molecule has 2 aromatic rings. The summed E-state index contributed by atoms with van der Waals surface area (Å²) in [6.07, 6.45) is 5.03. The molecule has 1 N–H and O–H groups in total. The van der Waals surface area contributed by atoms with E-state index in [1.165, 1.54) is 29.5 Å². The first kappa shape index (κ1) is 24.4. The monoisotopic (exact) mass is 452 g/mol. The summed E-state index contributed by atoms with van der Waals surface area (Å²) in [4.78, 5) is 28.2. The molecule has 1 fully saturated rings. The smallest absolute Gasteiger partial charge is 0.243 e. The van der Waals surface area contributed by atoms with Crippen LogP contribution in [0.25, 0.3) is 0 Å². The molecule has 4 nitrogen and oxygen atoms in total. The normalized spacial score (nSPS) is 14.8. The van der Waals surface area contributed by atoms with Crippen molar-refractivity contribution < 1.29 is 9.59 Å². The maximum absolute atomic E-state index is 13.3. The Hall–Kier alpha value is -2.27. The van der Waals surface area contributed by atoms with Crippen molar-refractivity contribution in [3.8, 4) is 0 Å². The standard InChI is InChI=1S/C27H36N2O2S/c1-4-25(27(31)28-24-12-8-9-13-24)29(17-22-10-6-5-7-11-22)26(30)19-32-18-23-15-20(2)14-21(3)16-23/h5-7,10-11,14-16,24-25H,4,8-9,12-13,17-19H2,1-3H3,(H,28,31)/t25-/m1/s1. The molecule has 3 rings (SSSR count). The minimum Gasteiger partial charge on any atom is -0.352 e. The Bertz CT molecular complexity index is 874. The van der Waals surface area contributed by atoms with Crippen LogP contribution in [0.1, 0.15) is 61.3 Å². The molecule has 1 aliphatic rings. The lowest BCUT2D eigenvalue weighted by Crippen LogP contribution is -2.51. The summed E-state index contributed by atoms with van der Waals surface area (Å²) in [7, 11) is 0. The highest BCUT2D eigenvalue weighted by Gasteiger charge is 2.30. The van der Waals surface area contributed by atoms with Crippen LogP contribution in [0.3, 0.4) is 0 Å². The highest BCUT2D eigenvalue weighted by molar-refractivity contribution is 7.99. The second kappa shape index (κ2) is 12.1. The Morgan fingerprint density at radius 1 is 1.03 bits per heavy atom. The average Bonchev–Trinajstić information content (AvgIpc) is 3.26. The largest absolute Gasteiger partial charge is 0.352 e. The van der Waals surface area contributed by atoms with Gasteiger partial charge < -0.3 is 10.2 Å². The van der Waals surface area contributed by atoms with Crippen molar-refractivity contribution >= 4 is 23.6 Å². The molecule has 0 spiro atoms. The highest BCUT2D eigenvalue weighted by atomic mass is 32.2. The number of nitrogens with zero attached hydrogens (tertiary/aromatic N) is 1. The number of hydrogen-bond acceptors (Lipinski definition) is 3. The molecule has 1 saturated carbocycles. The van der Waals surface area contributed by atoms with Crippen molar-refractivity contribution in [1.82, 2.24) is 10.2 Å². The molecular formula is C27H36N2O2S. The van der Waals surface area contributed by atoms with Crippen molar-refractivity contribution in [3.05, 3.63) is 70.8 Å². The van der Waals surface area contributed by atoms with E-state index in [2.05, 4.69) is 37.4 Å². The van der Waals surface area contributed by atoms with E-state index in [9.17, 15) is 9.59 Å². The van der Waals surface area contributed by atoms with Crippen LogP contribution in [0.2, 0.25) is 0 Å². The van der Waals surface area contributed by atoms with E-state index in [0.717, 1.165) is 24.2 Å². The molecular weight excluding hydrogens is 416 g/mol. The van der Waals surface area contributed by atoms with Gasteiger partial charge in [0.2, 0.25) is 11.8 Å². The maximum atomic E-state index is 13.3. The molecule has 172 valence electrons. The number of aryl methyl sites for hydroxylation is 2. The average molecular weight is 453 g/mol. The van der Waals surface area contributed by atoms with E-state index in [0.29, 0.717) is 18.7 Å². The number of carbonyl (C=O) groups is 2. The molecule has 2 aromatic carbocycles. The summed E-state index contributed by atoms with van der Waals surface area (Å²) in [5.41, 5.74) is 4.77. The van der Waals surface area contributed by atoms with Gasteiger partial charge in [0, 0.05) is 18.3 Å². The molecule has 0 aliphatic heterocycles. The molecule has 0 aromatic heterocycles. The summed E-state index contributed by atoms with van der Waals surface area (Å²) in [6.45, 7) is 6.65. The number of thioether (sulfide) groups is 1. The molecule has 2 amide bonds. The molecule has 0 radical (unpaired) electrons. The third-order valence-electron chi connectivity index (χ3n) is 6.06. The van der Waals surface area contributed by atoms with E-state index in [4.69, 9.17) is 0 Å². The van der Waals surface area contributed by atoms with Crippen molar-refractivity contribution in [2.75, 3.05) is 5.75 Å². The van der Waals surface area contributed by atoms with Gasteiger partial charge in [-0.25, -0.2) is 0 Å². The number of carbonyl (C=O) groups excluding carboxylic acids is 2. The fraction of sp³-hybridized carbons (Fsp3) is 0.481. The number of rotatable bonds is 10. The molecule has 1 aliphatic carbocycles. The van der Waals surface area contributed by atoms with E-state index >= 15 is 0 Å². The first-order valence-electron chi connectivity index (χ1n) is 11.7. The lowest BCUT2D eigenvalue weighted by molar-refractivity contribution is -0.139. The van der Waals surface area contributed by atoms with Crippen LogP contribution < -0.4 is 5.32 Å². The third kappa shape index (κ3) is 7.13. The molecule has 1 atom stereocenters. The van der Waals surface area contributed by atoms with Gasteiger partial charge in [0.1, 0.15) is 6.04 Å². The fourth-order valence-corrected chi connectivity index (χ4v) is 5.40. The number of nitrogens with one attached hydrogen (secondary N) is 1. The molecule has 5 heteroatoms. The minimum atomic E-state index is -0.440. The molecule has 0 heterocycles. The minimum absolute atomic E-state index is 0.0111. The summed E-state index contributed by atoms with van der Waals surface area (Å²) >= 11 is 1.62. The van der Waals surface area contributed by atoms with Crippen molar-refractivity contribution in [1.29, 1.82) is 0 Å². The zero-order chi connectivity index (χ0) is 22.9. The Balaban J connectivity index is 1.68. The lowest BCUT2D eigenvalue weighted by Gasteiger charge is -2.31. The van der Waals surface area contributed by atoms with Crippen molar-refractivity contribution in [2.45, 2.75) is 77.3 Å². The third-order valence-corrected chi connectivity index (χ3v) is 7.05. The highest BCUT2D eigenvalue weighted by Crippen LogP contribution is 2.21. The fourth-order valence-electron chi connectivity index (χ4n) is 4.56. The Kier molecular flexibility index (Phi) is 9.22. The Labute approximate surface area is 197 Å². The number of amides is 2. The number of benzene rings is 2. The Morgan fingerprint density at radius 2 is 1.69 bits per heavy atom. The maximum Gasteiger partial charge on any atom is 0.243 e. The van der Waals surface area contributed by atoms with Crippen LogP contribution in [0.5, 0.6) is 0 Å². The lowest BCUT2D eigenvalue weighted by atomic mass is 10.1. The van der Waals surface area contributed by atoms with E-state index < -0.39 is 6.04 Å². The zero-order valence-corrected chi connectivity index (χ0v) is 20.4. The van der Waals surface area contributed by atoms with Gasteiger partial charge in [-0.1, -0.05) is 79.4 Å². The van der Waals surface area contributed by atoms with E-state index in [1.54, 1.807) is 16.7 Å². The molecule has 0 saturated heterocycles. The van der Waals surface area contributed by atoms with Crippen LogP contribution in [0.4, 0.5) is 0 Å². The predicted octanol–water partition coefficient (Wildman–Crippen LogP) is 5.40. The summed E-state index contributed by atoms with van der Waals surface area (Å²) in [6, 6.07) is 16.3.